The Morgan fingerprint density at radius 1 is 1.26 bits per heavy atom. The van der Waals surface area contributed by atoms with Crippen LogP contribution < -0.4 is 5.32 Å². The molecule has 1 aliphatic rings. The summed E-state index contributed by atoms with van der Waals surface area (Å²) in [5.41, 5.74) is 2.60. The highest BCUT2D eigenvalue weighted by Gasteiger charge is 2.21. The predicted octanol–water partition coefficient (Wildman–Crippen LogP) is 3.91. The van der Waals surface area contributed by atoms with Crippen molar-refractivity contribution in [2.45, 2.75) is 13.5 Å². The Kier molecular flexibility index (Phi) is 5.45. The molecule has 0 atom stereocenters. The Hall–Kier alpha value is -2.32. The number of nitrogens with one attached hydrogen (secondary N) is 1. The summed E-state index contributed by atoms with van der Waals surface area (Å²) in [7, 11) is 0. The molecule has 0 bridgehead atoms. The first-order valence-corrected chi connectivity index (χ1v) is 10.8. The van der Waals surface area contributed by atoms with E-state index in [0.29, 0.717) is 18.3 Å². The third-order valence-corrected chi connectivity index (χ3v) is 6.31. The van der Waals surface area contributed by atoms with E-state index in [2.05, 4.69) is 15.5 Å². The summed E-state index contributed by atoms with van der Waals surface area (Å²) in [6.07, 6.45) is 0. The van der Waals surface area contributed by atoms with Crippen molar-refractivity contribution in [1.82, 2.24) is 15.0 Å². The summed E-state index contributed by atoms with van der Waals surface area (Å²) >= 11 is 3.47. The quantitative estimate of drug-likeness (QED) is 0.700. The molecule has 2 aromatic heterocycles. The lowest BCUT2D eigenvalue weighted by atomic mass is 10.1. The third-order valence-electron chi connectivity index (χ3n) is 4.50. The molecule has 0 unspecified atom stereocenters. The molecule has 6 nitrogen and oxygen atoms in total. The van der Waals surface area contributed by atoms with Gasteiger partial charge in [0, 0.05) is 35.8 Å². The van der Waals surface area contributed by atoms with Gasteiger partial charge in [-0.25, -0.2) is 0 Å². The van der Waals surface area contributed by atoms with E-state index in [9.17, 15) is 4.79 Å². The number of nitrogens with zero attached hydrogens (tertiary/aromatic N) is 3. The lowest BCUT2D eigenvalue weighted by Gasteiger charge is -2.27. The van der Waals surface area contributed by atoms with Gasteiger partial charge in [0.25, 0.3) is 5.91 Å². The zero-order valence-corrected chi connectivity index (χ0v) is 16.6. The number of thioether (sulfide) groups is 1. The summed E-state index contributed by atoms with van der Waals surface area (Å²) in [6, 6.07) is 9.69. The van der Waals surface area contributed by atoms with Crippen LogP contribution in [0.4, 0.5) is 5.69 Å². The van der Waals surface area contributed by atoms with Crippen LogP contribution in [0.2, 0.25) is 0 Å². The van der Waals surface area contributed by atoms with E-state index in [1.807, 2.05) is 59.3 Å². The minimum atomic E-state index is 0.106. The van der Waals surface area contributed by atoms with Crippen molar-refractivity contribution in [3.63, 3.8) is 0 Å². The van der Waals surface area contributed by atoms with Crippen LogP contribution in [0.1, 0.15) is 21.8 Å². The zero-order chi connectivity index (χ0) is 18.6. The molecule has 0 aliphatic carbocycles. The fourth-order valence-corrected chi connectivity index (χ4v) is 4.55. The fourth-order valence-electron chi connectivity index (χ4n) is 3.00. The van der Waals surface area contributed by atoms with Crippen LogP contribution in [0, 0.1) is 6.92 Å². The first-order valence-electron chi connectivity index (χ1n) is 8.79. The van der Waals surface area contributed by atoms with E-state index >= 15 is 0 Å². The molecule has 1 amide bonds. The maximum atomic E-state index is 12.8. The van der Waals surface area contributed by atoms with Crippen LogP contribution in [-0.4, -0.2) is 45.5 Å². The van der Waals surface area contributed by atoms with E-state index in [1.165, 1.54) is 0 Å². The average Bonchev–Trinajstić information content (AvgIpc) is 3.39. The van der Waals surface area contributed by atoms with E-state index in [-0.39, 0.29) is 5.91 Å². The number of carbonyl (C=O) groups is 1. The van der Waals surface area contributed by atoms with Gasteiger partial charge in [-0.15, -0.1) is 11.3 Å². The Morgan fingerprint density at radius 3 is 2.89 bits per heavy atom. The van der Waals surface area contributed by atoms with Crippen LogP contribution in [0.25, 0.3) is 10.7 Å². The molecular formula is C19H20N4O2S2. The van der Waals surface area contributed by atoms with E-state index in [1.54, 1.807) is 11.3 Å². The molecule has 0 radical (unpaired) electrons. The molecule has 1 aromatic carbocycles. The molecule has 3 heterocycles. The van der Waals surface area contributed by atoms with Gasteiger partial charge in [-0.2, -0.15) is 16.7 Å². The molecule has 1 fully saturated rings. The van der Waals surface area contributed by atoms with Crippen LogP contribution in [-0.2, 0) is 6.54 Å². The SMILES string of the molecule is Cc1c(NCc2nc(-c3cccs3)no2)cccc1C(=O)N1CCSCC1. The van der Waals surface area contributed by atoms with E-state index < -0.39 is 0 Å². The van der Waals surface area contributed by atoms with Crippen LogP contribution in [0.15, 0.2) is 40.2 Å². The van der Waals surface area contributed by atoms with Gasteiger partial charge in [0.05, 0.1) is 11.4 Å². The Balaban J connectivity index is 1.46. The monoisotopic (exact) mass is 400 g/mol. The number of amides is 1. The van der Waals surface area contributed by atoms with Crippen molar-refractivity contribution >= 4 is 34.7 Å². The molecule has 1 aliphatic heterocycles. The highest BCUT2D eigenvalue weighted by Crippen LogP contribution is 2.24. The summed E-state index contributed by atoms with van der Waals surface area (Å²) in [5, 5.41) is 9.32. The summed E-state index contributed by atoms with van der Waals surface area (Å²) < 4.78 is 5.33. The maximum absolute atomic E-state index is 12.8. The first-order chi connectivity index (χ1) is 13.2. The number of aromatic nitrogens is 2. The summed E-state index contributed by atoms with van der Waals surface area (Å²) in [5.74, 6) is 3.24. The second-order valence-electron chi connectivity index (χ2n) is 6.23. The zero-order valence-electron chi connectivity index (χ0n) is 15.0. The van der Waals surface area contributed by atoms with Gasteiger partial charge in [0.15, 0.2) is 0 Å². The molecule has 0 spiro atoms. The second-order valence-corrected chi connectivity index (χ2v) is 8.40. The number of anilines is 1. The molecule has 140 valence electrons. The lowest BCUT2D eigenvalue weighted by Crippen LogP contribution is -2.38. The Labute approximate surface area is 166 Å². The number of hydrogen-bond donors (Lipinski definition) is 1. The standard InChI is InChI=1S/C19H20N4O2S2/c1-13-14(19(24)23-7-10-26-11-8-23)4-2-5-15(13)20-12-17-21-18(22-25-17)16-6-3-9-27-16/h2-6,9,20H,7-8,10-12H2,1H3. The maximum Gasteiger partial charge on any atom is 0.254 e. The van der Waals surface area contributed by atoms with Gasteiger partial charge in [-0.05, 0) is 36.1 Å². The molecule has 0 saturated carbocycles. The highest BCUT2D eigenvalue weighted by molar-refractivity contribution is 7.99. The van der Waals surface area contributed by atoms with Gasteiger partial charge in [0.2, 0.25) is 11.7 Å². The van der Waals surface area contributed by atoms with Crippen LogP contribution >= 0.6 is 23.1 Å². The Morgan fingerprint density at radius 2 is 2.11 bits per heavy atom. The van der Waals surface area contributed by atoms with Gasteiger partial charge >= 0.3 is 0 Å². The average molecular weight is 401 g/mol. The van der Waals surface area contributed by atoms with Crippen molar-refractivity contribution < 1.29 is 9.32 Å². The minimum absolute atomic E-state index is 0.106. The van der Waals surface area contributed by atoms with Crippen molar-refractivity contribution in [2.75, 3.05) is 29.9 Å². The fraction of sp³-hybridized carbons (Fsp3) is 0.316. The number of carbonyl (C=O) groups excluding carboxylic acids is 1. The number of benzene rings is 1. The molecular weight excluding hydrogens is 380 g/mol. The molecule has 3 aromatic rings. The van der Waals surface area contributed by atoms with Gasteiger partial charge in [-0.1, -0.05) is 17.3 Å². The predicted molar refractivity (Wildman–Crippen MR) is 109 cm³/mol. The molecule has 8 heteroatoms. The molecule has 27 heavy (non-hydrogen) atoms. The lowest BCUT2D eigenvalue weighted by molar-refractivity contribution is 0.0771. The van der Waals surface area contributed by atoms with Gasteiger partial charge < -0.3 is 14.7 Å². The minimum Gasteiger partial charge on any atom is -0.376 e. The normalized spacial score (nSPS) is 14.3. The van der Waals surface area contributed by atoms with Gasteiger partial charge in [0.1, 0.15) is 0 Å². The van der Waals surface area contributed by atoms with Gasteiger partial charge in [-0.3, -0.25) is 4.79 Å². The van der Waals surface area contributed by atoms with E-state index in [4.69, 9.17) is 4.52 Å². The number of hydrogen-bond acceptors (Lipinski definition) is 7. The topological polar surface area (TPSA) is 71.3 Å². The van der Waals surface area contributed by atoms with Crippen LogP contribution in [0.5, 0.6) is 0 Å². The van der Waals surface area contributed by atoms with Crippen molar-refractivity contribution in [1.29, 1.82) is 0 Å². The largest absolute Gasteiger partial charge is 0.376 e. The highest BCUT2D eigenvalue weighted by atomic mass is 32.2. The molecule has 1 N–H and O–H groups in total. The van der Waals surface area contributed by atoms with Crippen molar-refractivity contribution in [3.05, 3.63) is 52.7 Å². The first kappa shape index (κ1) is 18.1. The number of thiophene rings is 1. The van der Waals surface area contributed by atoms with Crippen molar-refractivity contribution in [2.24, 2.45) is 0 Å². The summed E-state index contributed by atoms with van der Waals surface area (Å²) in [4.78, 5) is 20.2. The van der Waals surface area contributed by atoms with E-state index in [0.717, 1.165) is 46.3 Å². The smallest absolute Gasteiger partial charge is 0.254 e. The number of rotatable bonds is 5. The Bertz CT molecular complexity index is 918. The second kappa shape index (κ2) is 8.14. The molecule has 4 rings (SSSR count). The third kappa shape index (κ3) is 4.01. The van der Waals surface area contributed by atoms with Crippen molar-refractivity contribution in [3.8, 4) is 10.7 Å². The van der Waals surface area contributed by atoms with Crippen LogP contribution in [0.3, 0.4) is 0 Å². The molecule has 1 saturated heterocycles. The summed E-state index contributed by atoms with van der Waals surface area (Å²) in [6.45, 7) is 4.01.